The smallest absolute Gasteiger partial charge is 0.347 e. The zero-order valence-corrected chi connectivity index (χ0v) is 14.7. The molecule has 134 valence electrons. The maximum atomic E-state index is 12.5. The Labute approximate surface area is 151 Å². The first-order valence-electron chi connectivity index (χ1n) is 8.49. The minimum atomic E-state index is -0.452. The molecule has 3 aromatic rings. The normalized spacial score (nSPS) is 12.1. The van der Waals surface area contributed by atoms with E-state index in [1.54, 1.807) is 24.3 Å². The predicted octanol–water partition coefficient (Wildman–Crippen LogP) is 1.94. The largest absolute Gasteiger partial charge is 0.368 e. The summed E-state index contributed by atoms with van der Waals surface area (Å²) in [6.07, 6.45) is 0. The fraction of sp³-hybridized carbons (Fsp3) is 0.263. The third-order valence-corrected chi connectivity index (χ3v) is 4.08. The highest BCUT2D eigenvalue weighted by Gasteiger charge is 2.19. The van der Waals surface area contributed by atoms with Crippen molar-refractivity contribution in [2.75, 3.05) is 0 Å². The molecule has 1 atom stereocenters. The van der Waals surface area contributed by atoms with Gasteiger partial charge in [0.05, 0.1) is 11.7 Å². The van der Waals surface area contributed by atoms with Crippen molar-refractivity contribution < 1.29 is 4.79 Å². The van der Waals surface area contributed by atoms with E-state index in [0.29, 0.717) is 5.69 Å². The van der Waals surface area contributed by atoms with Gasteiger partial charge in [-0.15, -0.1) is 0 Å². The number of hydrogen-bond acceptors (Lipinski definition) is 4. The molecule has 0 aliphatic carbocycles. The topological polar surface area (TPSA) is 81.8 Å². The lowest BCUT2D eigenvalue weighted by Crippen LogP contribution is -2.37. The van der Waals surface area contributed by atoms with Crippen molar-refractivity contribution in [2.45, 2.75) is 26.4 Å². The van der Waals surface area contributed by atoms with Crippen LogP contribution in [0.1, 0.15) is 25.5 Å². The summed E-state index contributed by atoms with van der Waals surface area (Å²) >= 11 is 0. The number of rotatable bonds is 6. The Bertz CT molecular complexity index is 916. The molecule has 0 fully saturated rings. The number of amides is 1. The predicted molar refractivity (Wildman–Crippen MR) is 97.8 cm³/mol. The molecule has 26 heavy (non-hydrogen) atoms. The summed E-state index contributed by atoms with van der Waals surface area (Å²) in [5.41, 5.74) is 1.18. The average molecular weight is 351 g/mol. The van der Waals surface area contributed by atoms with Gasteiger partial charge in [0.2, 0.25) is 5.91 Å². The first-order valence-corrected chi connectivity index (χ1v) is 8.49. The van der Waals surface area contributed by atoms with Crippen LogP contribution in [0.25, 0.3) is 5.69 Å². The van der Waals surface area contributed by atoms with Crippen molar-refractivity contribution in [1.82, 2.24) is 25.1 Å². The molecule has 0 aliphatic rings. The van der Waals surface area contributed by atoms with Gasteiger partial charge in [-0.25, -0.2) is 4.79 Å². The Morgan fingerprint density at radius 2 is 1.62 bits per heavy atom. The third-order valence-electron chi connectivity index (χ3n) is 4.08. The molecule has 1 N–H and O–H groups in total. The molecule has 2 aromatic carbocycles. The van der Waals surface area contributed by atoms with Crippen LogP contribution in [0.5, 0.6) is 0 Å². The molecule has 1 aromatic heterocycles. The molecule has 0 saturated carbocycles. The molecule has 3 rings (SSSR count). The van der Waals surface area contributed by atoms with Gasteiger partial charge in [-0.1, -0.05) is 62.4 Å². The minimum Gasteiger partial charge on any atom is -0.347 e. The Morgan fingerprint density at radius 3 is 2.23 bits per heavy atom. The van der Waals surface area contributed by atoms with Gasteiger partial charge in [0.1, 0.15) is 6.54 Å². The fourth-order valence-corrected chi connectivity index (χ4v) is 2.76. The molecule has 1 amide bonds. The monoisotopic (exact) mass is 351 g/mol. The molecule has 1 heterocycles. The molecule has 0 bridgehead atoms. The standard InChI is InChI=1S/C19H21N5O2/c1-14(2)18(15-9-5-3-6-10-15)20-17(25)13-23-19(26)24(22-21-23)16-11-7-4-8-12-16/h3-12,14,18H,13H2,1-2H3,(H,20,25). The van der Waals surface area contributed by atoms with Gasteiger partial charge < -0.3 is 5.32 Å². The Morgan fingerprint density at radius 1 is 1.00 bits per heavy atom. The minimum absolute atomic E-state index is 0.136. The van der Waals surface area contributed by atoms with Crippen molar-refractivity contribution in [3.05, 3.63) is 76.7 Å². The number of carbonyl (C=O) groups is 1. The van der Waals surface area contributed by atoms with E-state index < -0.39 is 5.69 Å². The first kappa shape index (κ1) is 17.6. The van der Waals surface area contributed by atoms with Gasteiger partial charge in [-0.2, -0.15) is 9.36 Å². The second-order valence-corrected chi connectivity index (χ2v) is 6.37. The summed E-state index contributed by atoms with van der Waals surface area (Å²) in [6, 6.07) is 18.6. The molecule has 0 saturated heterocycles. The summed E-state index contributed by atoms with van der Waals surface area (Å²) < 4.78 is 2.23. The molecule has 0 radical (unpaired) electrons. The zero-order valence-electron chi connectivity index (χ0n) is 14.7. The zero-order chi connectivity index (χ0) is 18.5. The summed E-state index contributed by atoms with van der Waals surface area (Å²) in [7, 11) is 0. The van der Waals surface area contributed by atoms with E-state index in [0.717, 1.165) is 10.2 Å². The molecule has 0 aliphatic heterocycles. The third kappa shape index (κ3) is 3.88. The van der Waals surface area contributed by atoms with E-state index >= 15 is 0 Å². The lowest BCUT2D eigenvalue weighted by molar-refractivity contribution is -0.123. The van der Waals surface area contributed by atoms with Crippen molar-refractivity contribution >= 4 is 5.91 Å². The number of aromatic nitrogens is 4. The quantitative estimate of drug-likeness (QED) is 0.736. The van der Waals surface area contributed by atoms with Gasteiger partial charge in [-0.3, -0.25) is 4.79 Å². The van der Waals surface area contributed by atoms with Gasteiger partial charge in [0, 0.05) is 0 Å². The maximum absolute atomic E-state index is 12.5. The maximum Gasteiger partial charge on any atom is 0.368 e. The van der Waals surface area contributed by atoms with Crippen LogP contribution in [0.15, 0.2) is 65.5 Å². The van der Waals surface area contributed by atoms with Gasteiger partial charge in [0.25, 0.3) is 0 Å². The van der Waals surface area contributed by atoms with Crippen LogP contribution in [-0.2, 0) is 11.3 Å². The molecule has 7 nitrogen and oxygen atoms in total. The second-order valence-electron chi connectivity index (χ2n) is 6.37. The Balaban J connectivity index is 1.74. The van der Waals surface area contributed by atoms with Crippen LogP contribution in [-0.4, -0.2) is 25.7 Å². The number of benzene rings is 2. The van der Waals surface area contributed by atoms with Crippen LogP contribution in [0.4, 0.5) is 0 Å². The molecule has 7 heteroatoms. The van der Waals surface area contributed by atoms with Crippen LogP contribution in [0.2, 0.25) is 0 Å². The number of hydrogen-bond donors (Lipinski definition) is 1. The highest BCUT2D eigenvalue weighted by Crippen LogP contribution is 2.21. The highest BCUT2D eigenvalue weighted by atomic mass is 16.2. The van der Waals surface area contributed by atoms with E-state index in [1.165, 1.54) is 4.68 Å². The Kier molecular flexibility index (Phi) is 5.26. The van der Waals surface area contributed by atoms with Gasteiger partial charge in [0.15, 0.2) is 0 Å². The number of nitrogens with one attached hydrogen (secondary N) is 1. The lowest BCUT2D eigenvalue weighted by atomic mass is 9.96. The molecule has 1 unspecified atom stereocenters. The average Bonchev–Trinajstić information content (AvgIpc) is 3.01. The van der Waals surface area contributed by atoms with Crippen molar-refractivity contribution in [3.63, 3.8) is 0 Å². The number of tetrazole rings is 1. The second kappa shape index (κ2) is 7.77. The molecular weight excluding hydrogens is 330 g/mol. The van der Waals surface area contributed by atoms with E-state index in [-0.39, 0.29) is 24.4 Å². The number of para-hydroxylation sites is 1. The lowest BCUT2D eigenvalue weighted by Gasteiger charge is -2.22. The van der Waals surface area contributed by atoms with Crippen LogP contribution < -0.4 is 11.0 Å². The first-order chi connectivity index (χ1) is 12.6. The van der Waals surface area contributed by atoms with Crippen molar-refractivity contribution in [3.8, 4) is 5.69 Å². The summed E-state index contributed by atoms with van der Waals surface area (Å²) in [5, 5.41) is 10.6. The van der Waals surface area contributed by atoms with Crippen molar-refractivity contribution in [1.29, 1.82) is 0 Å². The van der Waals surface area contributed by atoms with Crippen LogP contribution >= 0.6 is 0 Å². The van der Waals surface area contributed by atoms with Gasteiger partial charge >= 0.3 is 5.69 Å². The van der Waals surface area contributed by atoms with E-state index in [4.69, 9.17) is 0 Å². The fourth-order valence-electron chi connectivity index (χ4n) is 2.76. The van der Waals surface area contributed by atoms with E-state index in [9.17, 15) is 9.59 Å². The SMILES string of the molecule is CC(C)C(NC(=O)Cn1nnn(-c2ccccc2)c1=O)c1ccccc1. The van der Waals surface area contributed by atoms with Gasteiger partial charge in [-0.05, 0) is 34.0 Å². The van der Waals surface area contributed by atoms with Crippen molar-refractivity contribution in [2.24, 2.45) is 5.92 Å². The summed E-state index contributed by atoms with van der Waals surface area (Å²) in [5.74, 6) is -0.0761. The molecule has 0 spiro atoms. The summed E-state index contributed by atoms with van der Waals surface area (Å²) in [6.45, 7) is 3.90. The van der Waals surface area contributed by atoms with E-state index in [2.05, 4.69) is 15.7 Å². The summed E-state index contributed by atoms with van der Waals surface area (Å²) in [4.78, 5) is 24.9. The molecular formula is C19H21N5O2. The highest BCUT2D eigenvalue weighted by molar-refractivity contribution is 5.76. The van der Waals surface area contributed by atoms with E-state index in [1.807, 2.05) is 50.2 Å². The van der Waals surface area contributed by atoms with Crippen LogP contribution in [0, 0.1) is 5.92 Å². The van der Waals surface area contributed by atoms with Crippen LogP contribution in [0.3, 0.4) is 0 Å². The Hall–Kier alpha value is -3.22. The number of nitrogens with zero attached hydrogens (tertiary/aromatic N) is 4. The number of carbonyl (C=O) groups excluding carboxylic acids is 1.